The summed E-state index contributed by atoms with van der Waals surface area (Å²) < 4.78 is 0. The Hall–Kier alpha value is -1.99. The summed E-state index contributed by atoms with van der Waals surface area (Å²) in [6.45, 7) is 0.452. The van der Waals surface area contributed by atoms with E-state index in [9.17, 15) is 15.2 Å². The van der Waals surface area contributed by atoms with Gasteiger partial charge in [-0.1, -0.05) is 0 Å². The number of hydrogen-bond donors (Lipinski definition) is 2. The van der Waals surface area contributed by atoms with Crippen LogP contribution in [0.1, 0.15) is 34.0 Å². The molecule has 3 rings (SSSR count). The highest BCUT2D eigenvalue weighted by Crippen LogP contribution is 2.28. The molecule has 0 saturated carbocycles. The molecule has 6 nitrogen and oxygen atoms in total. The molecule has 0 radical (unpaired) electrons. The molecule has 7 heteroatoms. The summed E-state index contributed by atoms with van der Waals surface area (Å²) in [5.41, 5.74) is 2.37. The van der Waals surface area contributed by atoms with Gasteiger partial charge in [0.2, 0.25) is 0 Å². The highest BCUT2D eigenvalue weighted by atomic mass is 32.1. The lowest BCUT2D eigenvalue weighted by atomic mass is 10.0. The smallest absolute Gasteiger partial charge is 0.292 e. The van der Waals surface area contributed by atoms with Crippen molar-refractivity contribution >= 4 is 22.7 Å². The summed E-state index contributed by atoms with van der Waals surface area (Å²) in [6.07, 6.45) is 5.41. The third-order valence-corrected chi connectivity index (χ3v) is 5.20. The van der Waals surface area contributed by atoms with E-state index in [1.54, 1.807) is 23.5 Å². The average Bonchev–Trinajstić information content (AvgIpc) is 2.97. The number of anilines is 1. The van der Waals surface area contributed by atoms with Crippen molar-refractivity contribution in [2.24, 2.45) is 0 Å². The van der Waals surface area contributed by atoms with Crippen LogP contribution in [0.15, 0.2) is 18.2 Å². The number of hydrogen-bond acceptors (Lipinski definition) is 6. The van der Waals surface area contributed by atoms with Gasteiger partial charge in [0.1, 0.15) is 5.69 Å². The molecular formula is C16H19N3O3S. The van der Waals surface area contributed by atoms with E-state index in [1.165, 1.54) is 29.5 Å². The monoisotopic (exact) mass is 333 g/mol. The molecule has 1 aromatic carbocycles. The minimum absolute atomic E-state index is 0.0284. The molecule has 0 spiro atoms. The van der Waals surface area contributed by atoms with Crippen molar-refractivity contribution in [1.82, 2.24) is 4.98 Å². The topological polar surface area (TPSA) is 88.3 Å². The molecule has 2 aromatic rings. The van der Waals surface area contributed by atoms with E-state index in [4.69, 9.17) is 0 Å². The zero-order valence-corrected chi connectivity index (χ0v) is 13.6. The number of aliphatic hydroxyl groups excluding tert-OH is 1. The Balaban J connectivity index is 1.66. The van der Waals surface area contributed by atoms with Crippen LogP contribution in [-0.4, -0.2) is 21.6 Å². The fraction of sp³-hybridized carbons (Fsp3) is 0.438. The van der Waals surface area contributed by atoms with Crippen LogP contribution in [0.2, 0.25) is 0 Å². The molecule has 122 valence electrons. The lowest BCUT2D eigenvalue weighted by Gasteiger charge is -2.07. The Bertz CT molecular complexity index is 691. The number of aliphatic hydroxyl groups is 1. The molecule has 0 amide bonds. The standard InChI is InChI=1S/C16H19N3O3S/c20-10-11-5-6-14(19(21)22)13(9-11)17-8-7-16-18-12-3-1-2-4-15(12)23-16/h5-6,9,17,20H,1-4,7-8,10H2. The van der Waals surface area contributed by atoms with Gasteiger partial charge in [0.25, 0.3) is 5.69 Å². The first kappa shape index (κ1) is 15.9. The number of aromatic nitrogens is 1. The quantitative estimate of drug-likeness (QED) is 0.626. The van der Waals surface area contributed by atoms with Gasteiger partial charge < -0.3 is 10.4 Å². The Labute approximate surface area is 138 Å². The van der Waals surface area contributed by atoms with E-state index in [0.29, 0.717) is 17.8 Å². The van der Waals surface area contributed by atoms with Crippen molar-refractivity contribution in [2.45, 2.75) is 38.7 Å². The molecule has 1 aliphatic rings. The fourth-order valence-corrected chi connectivity index (χ4v) is 3.96. The van der Waals surface area contributed by atoms with Crippen LogP contribution in [-0.2, 0) is 25.9 Å². The minimum atomic E-state index is -0.411. The summed E-state index contributed by atoms with van der Waals surface area (Å²) in [5, 5.41) is 24.5. The second kappa shape index (κ2) is 7.06. The summed E-state index contributed by atoms with van der Waals surface area (Å²) in [4.78, 5) is 16.7. The fourth-order valence-electron chi connectivity index (χ4n) is 2.80. The first-order valence-corrected chi connectivity index (χ1v) is 8.58. The number of nitro benzene ring substituents is 1. The average molecular weight is 333 g/mol. The first-order chi connectivity index (χ1) is 11.2. The van der Waals surface area contributed by atoms with Crippen LogP contribution in [0.5, 0.6) is 0 Å². The SMILES string of the molecule is O=[N+]([O-])c1ccc(CO)cc1NCCc1nc2c(s1)CCCC2. The van der Waals surface area contributed by atoms with Gasteiger partial charge in [-0.05, 0) is 43.4 Å². The molecule has 0 unspecified atom stereocenters. The molecule has 0 fully saturated rings. The predicted molar refractivity (Wildman–Crippen MR) is 90.0 cm³/mol. The molecule has 0 bridgehead atoms. The van der Waals surface area contributed by atoms with Crippen molar-refractivity contribution in [3.05, 3.63) is 49.5 Å². The first-order valence-electron chi connectivity index (χ1n) is 7.77. The van der Waals surface area contributed by atoms with Crippen molar-refractivity contribution in [3.8, 4) is 0 Å². The molecule has 23 heavy (non-hydrogen) atoms. The van der Waals surface area contributed by atoms with Gasteiger partial charge in [-0.2, -0.15) is 0 Å². The normalized spacial score (nSPS) is 13.6. The number of nitrogens with one attached hydrogen (secondary N) is 1. The molecule has 0 saturated heterocycles. The Morgan fingerprint density at radius 1 is 1.35 bits per heavy atom. The highest BCUT2D eigenvalue weighted by Gasteiger charge is 2.16. The number of aryl methyl sites for hydroxylation is 2. The number of benzene rings is 1. The van der Waals surface area contributed by atoms with Crippen LogP contribution in [0.4, 0.5) is 11.4 Å². The van der Waals surface area contributed by atoms with Gasteiger partial charge >= 0.3 is 0 Å². The third kappa shape index (κ3) is 3.68. The lowest BCUT2D eigenvalue weighted by molar-refractivity contribution is -0.384. The maximum absolute atomic E-state index is 11.1. The molecule has 2 N–H and O–H groups in total. The van der Waals surface area contributed by atoms with Crippen molar-refractivity contribution in [3.63, 3.8) is 0 Å². The van der Waals surface area contributed by atoms with Gasteiger partial charge in [0, 0.05) is 23.9 Å². The number of nitro groups is 1. The Morgan fingerprint density at radius 3 is 2.91 bits per heavy atom. The van der Waals surface area contributed by atoms with E-state index >= 15 is 0 Å². The van der Waals surface area contributed by atoms with Crippen molar-refractivity contribution in [1.29, 1.82) is 0 Å². The maximum Gasteiger partial charge on any atom is 0.292 e. The summed E-state index contributed by atoms with van der Waals surface area (Å²) >= 11 is 1.76. The summed E-state index contributed by atoms with van der Waals surface area (Å²) in [6, 6.07) is 4.62. The van der Waals surface area contributed by atoms with E-state index in [-0.39, 0.29) is 12.3 Å². The Morgan fingerprint density at radius 2 is 2.17 bits per heavy atom. The van der Waals surface area contributed by atoms with Crippen molar-refractivity contribution in [2.75, 3.05) is 11.9 Å². The van der Waals surface area contributed by atoms with E-state index < -0.39 is 4.92 Å². The largest absolute Gasteiger partial charge is 0.392 e. The number of rotatable bonds is 6. The van der Waals surface area contributed by atoms with Crippen LogP contribution in [0, 0.1) is 10.1 Å². The van der Waals surface area contributed by atoms with Crippen LogP contribution in [0.3, 0.4) is 0 Å². The zero-order chi connectivity index (χ0) is 16.2. The van der Waals surface area contributed by atoms with Gasteiger partial charge in [-0.15, -0.1) is 11.3 Å². The Kier molecular flexibility index (Phi) is 4.88. The maximum atomic E-state index is 11.1. The highest BCUT2D eigenvalue weighted by molar-refractivity contribution is 7.11. The van der Waals surface area contributed by atoms with Crippen LogP contribution < -0.4 is 5.32 Å². The van der Waals surface area contributed by atoms with Gasteiger partial charge in [-0.25, -0.2) is 4.98 Å². The minimum Gasteiger partial charge on any atom is -0.392 e. The zero-order valence-electron chi connectivity index (χ0n) is 12.7. The third-order valence-electron chi connectivity index (χ3n) is 3.98. The van der Waals surface area contributed by atoms with Gasteiger partial charge in [0.15, 0.2) is 0 Å². The summed E-state index contributed by atoms with van der Waals surface area (Å²) in [7, 11) is 0. The summed E-state index contributed by atoms with van der Waals surface area (Å²) in [5.74, 6) is 0. The molecule has 0 atom stereocenters. The number of fused-ring (bicyclic) bond motifs is 1. The molecule has 0 aliphatic heterocycles. The number of thiazole rings is 1. The van der Waals surface area contributed by atoms with Crippen LogP contribution in [0.25, 0.3) is 0 Å². The van der Waals surface area contributed by atoms with E-state index in [0.717, 1.165) is 24.3 Å². The molecule has 1 aromatic heterocycles. The number of nitrogens with zero attached hydrogens (tertiary/aromatic N) is 2. The van der Waals surface area contributed by atoms with Crippen LogP contribution >= 0.6 is 11.3 Å². The van der Waals surface area contributed by atoms with Crippen molar-refractivity contribution < 1.29 is 10.0 Å². The second-order valence-corrected chi connectivity index (χ2v) is 6.80. The molecule has 1 heterocycles. The molecule has 1 aliphatic carbocycles. The molecular weight excluding hydrogens is 314 g/mol. The van der Waals surface area contributed by atoms with E-state index in [2.05, 4.69) is 10.3 Å². The van der Waals surface area contributed by atoms with Gasteiger partial charge in [0.05, 0.1) is 22.2 Å². The van der Waals surface area contributed by atoms with Gasteiger partial charge in [-0.3, -0.25) is 10.1 Å². The van der Waals surface area contributed by atoms with E-state index in [1.807, 2.05) is 0 Å². The second-order valence-electron chi connectivity index (χ2n) is 5.63. The lowest BCUT2D eigenvalue weighted by Crippen LogP contribution is -2.07. The predicted octanol–water partition coefficient (Wildman–Crippen LogP) is 3.08.